The molecule has 0 rings (SSSR count). The Morgan fingerprint density at radius 2 is 1.27 bits per heavy atom. The van der Waals surface area contributed by atoms with Gasteiger partial charge in [-0.1, -0.05) is 6.42 Å². The molecule has 0 aliphatic heterocycles. The third kappa shape index (κ3) is 14.1. The number of hydrogen-bond acceptors (Lipinski definition) is 5. The molecule has 15 heavy (non-hydrogen) atoms. The van der Waals surface area contributed by atoms with Crippen LogP contribution in [-0.2, 0) is 57.2 Å². The number of carbonyl (C=O) groups excluding carboxylic acids is 2. The SMILES string of the molecule is O=C(C[S-])[N-]CCC[N-]C(=O)C[S-].[O]=[Tc+4]. The minimum absolute atomic E-state index is 0.0161. The fourth-order valence-electron chi connectivity index (χ4n) is 0.570. The molecule has 0 atom stereocenters. The second kappa shape index (κ2) is 14.1. The Hall–Kier alpha value is 0.0894. The third-order valence-corrected chi connectivity index (χ3v) is 1.63. The van der Waals surface area contributed by atoms with E-state index in [4.69, 9.17) is 3.50 Å². The van der Waals surface area contributed by atoms with Crippen LogP contribution in [0.3, 0.4) is 0 Å². The summed E-state index contributed by atoms with van der Waals surface area (Å²) in [6.07, 6.45) is 0.585. The van der Waals surface area contributed by atoms with Crippen molar-refractivity contribution in [3.63, 3.8) is 0 Å². The number of nitrogens with zero attached hydrogens (tertiary/aromatic N) is 2. The summed E-state index contributed by atoms with van der Waals surface area (Å²) in [6, 6.07) is 0. The van der Waals surface area contributed by atoms with Crippen molar-refractivity contribution in [2.45, 2.75) is 6.42 Å². The van der Waals surface area contributed by atoms with E-state index >= 15 is 0 Å². The summed E-state index contributed by atoms with van der Waals surface area (Å²) in [7, 11) is 0. The first-order valence-electron chi connectivity index (χ1n) is 3.93. The van der Waals surface area contributed by atoms with Crippen molar-refractivity contribution in [3.8, 4) is 0 Å². The molecule has 0 heterocycles. The van der Waals surface area contributed by atoms with Gasteiger partial charge in [-0.2, -0.15) is 0 Å². The summed E-state index contributed by atoms with van der Waals surface area (Å²) < 4.78 is 8.22. The second-order valence-electron chi connectivity index (χ2n) is 2.19. The number of carbonyl (C=O) groups is 2. The standard InChI is InChI=1S/C7H14N2O2S2.O.Tc/c10-6(4-12)8-2-1-3-9-7(11)5-13;;/h1-5H2,(H4,8,9,10,11,12,13);;/q;;+4/p-4. The van der Waals surface area contributed by atoms with E-state index in [1.165, 1.54) is 0 Å². The van der Waals surface area contributed by atoms with Gasteiger partial charge in [0.05, 0.1) is 0 Å². The molecule has 0 saturated carbocycles. The van der Waals surface area contributed by atoms with Gasteiger partial charge in [0.25, 0.3) is 0 Å². The van der Waals surface area contributed by atoms with Crippen molar-refractivity contribution >= 4 is 37.1 Å². The maximum absolute atomic E-state index is 10.6. The average molecular weight is 332 g/mol. The summed E-state index contributed by atoms with van der Waals surface area (Å²) in [5, 5.41) is 7.25. The molecule has 0 fully saturated rings. The molecule has 8 heteroatoms. The van der Waals surface area contributed by atoms with Crippen LogP contribution in [0.15, 0.2) is 0 Å². The van der Waals surface area contributed by atoms with Crippen LogP contribution < -0.4 is 0 Å². The van der Waals surface area contributed by atoms with Gasteiger partial charge in [-0.15, -0.1) is 24.6 Å². The van der Waals surface area contributed by atoms with Crippen LogP contribution in [0.4, 0.5) is 0 Å². The van der Waals surface area contributed by atoms with Gasteiger partial charge in [-0.25, -0.2) is 0 Å². The zero-order valence-corrected chi connectivity index (χ0v) is 11.3. The zero-order chi connectivity index (χ0) is 12.1. The molecule has 0 aliphatic rings. The van der Waals surface area contributed by atoms with E-state index in [1.54, 1.807) is 0 Å². The first-order chi connectivity index (χ1) is 7.20. The molecule has 0 N–H and O–H groups in total. The van der Waals surface area contributed by atoms with E-state index in [2.05, 4.69) is 35.9 Å². The number of amides is 2. The van der Waals surface area contributed by atoms with Crippen LogP contribution in [0.2, 0.25) is 0 Å². The molecule has 5 nitrogen and oxygen atoms in total. The maximum atomic E-state index is 10.6. The molecule has 0 aromatic carbocycles. The average Bonchev–Trinajstić information content (AvgIpc) is 2.30. The summed E-state index contributed by atoms with van der Waals surface area (Å²) in [5.41, 5.74) is 0. The fourth-order valence-corrected chi connectivity index (χ4v) is 0.752. The molecule has 0 unspecified atom stereocenters. The Kier molecular flexibility index (Phi) is 16.4. The normalized spacial score (nSPS) is 8.53. The fraction of sp³-hybridized carbons (Fsp3) is 0.714. The molecule has 85 valence electrons. The van der Waals surface area contributed by atoms with Crippen LogP contribution in [-0.4, -0.2) is 36.4 Å². The van der Waals surface area contributed by atoms with Crippen molar-refractivity contribution < 1.29 is 31.9 Å². The summed E-state index contributed by atoms with van der Waals surface area (Å²) in [4.78, 5) is 21.2. The molecule has 2 amide bonds. The molecular formula is C7H10N2O3S2Tc. The van der Waals surface area contributed by atoms with Gasteiger partial charge in [0, 0.05) is 11.8 Å². The van der Waals surface area contributed by atoms with Gasteiger partial charge in [-0.3, -0.25) is 0 Å². The Morgan fingerprint density at radius 3 is 1.53 bits per heavy atom. The minimum atomic E-state index is -0.287. The van der Waals surface area contributed by atoms with Crippen LogP contribution in [0, 0.1) is 0 Å². The van der Waals surface area contributed by atoms with Crippen LogP contribution >= 0.6 is 0 Å². The van der Waals surface area contributed by atoms with E-state index in [1.807, 2.05) is 0 Å². The Balaban J connectivity index is 0. The Labute approximate surface area is 110 Å². The summed E-state index contributed by atoms with van der Waals surface area (Å²) in [5.74, 6) is -0.543. The van der Waals surface area contributed by atoms with Gasteiger partial charge >= 0.3 is 22.4 Å². The van der Waals surface area contributed by atoms with Crippen molar-refractivity contribution in [3.05, 3.63) is 10.6 Å². The second-order valence-corrected chi connectivity index (χ2v) is 2.77. The summed E-state index contributed by atoms with van der Waals surface area (Å²) in [6.45, 7) is 0.757. The van der Waals surface area contributed by atoms with E-state index in [0.29, 0.717) is 19.5 Å². The van der Waals surface area contributed by atoms with Crippen molar-refractivity contribution in [1.82, 2.24) is 0 Å². The molecule has 0 saturated heterocycles. The quantitative estimate of drug-likeness (QED) is 0.511. The molecular weight excluding hydrogens is 322 g/mol. The van der Waals surface area contributed by atoms with Crippen molar-refractivity contribution in [1.29, 1.82) is 0 Å². The number of rotatable bonds is 6. The molecule has 0 spiro atoms. The topological polar surface area (TPSA) is 79.4 Å². The van der Waals surface area contributed by atoms with Gasteiger partial charge in [-0.05, 0) is 0 Å². The van der Waals surface area contributed by atoms with Crippen molar-refractivity contribution in [2.75, 3.05) is 24.6 Å². The van der Waals surface area contributed by atoms with Crippen molar-refractivity contribution in [2.24, 2.45) is 0 Å². The van der Waals surface area contributed by atoms with Gasteiger partial charge in [0.1, 0.15) is 0 Å². The monoisotopic (exact) mass is 331 g/mol. The van der Waals surface area contributed by atoms with Crippen LogP contribution in [0.25, 0.3) is 10.6 Å². The van der Waals surface area contributed by atoms with E-state index in [0.717, 1.165) is 18.9 Å². The molecule has 0 aliphatic carbocycles. The van der Waals surface area contributed by atoms with E-state index in [9.17, 15) is 9.59 Å². The molecule has 0 aromatic rings. The first-order valence-corrected chi connectivity index (χ1v) is 5.84. The van der Waals surface area contributed by atoms with Gasteiger partial charge < -0.3 is 45.5 Å². The van der Waals surface area contributed by atoms with E-state index < -0.39 is 0 Å². The van der Waals surface area contributed by atoms with E-state index in [-0.39, 0.29) is 23.3 Å². The Morgan fingerprint density at radius 1 is 0.933 bits per heavy atom. The Bertz CT molecular complexity index is 177. The molecule has 0 radical (unpaired) electrons. The van der Waals surface area contributed by atoms with Gasteiger partial charge in [0.2, 0.25) is 0 Å². The van der Waals surface area contributed by atoms with Crippen LogP contribution in [0.5, 0.6) is 0 Å². The zero-order valence-electron chi connectivity index (χ0n) is 7.85. The summed E-state index contributed by atoms with van der Waals surface area (Å²) >= 11 is 9.86. The van der Waals surface area contributed by atoms with Crippen LogP contribution in [0.1, 0.15) is 6.42 Å². The number of hydrogen-bond donors (Lipinski definition) is 0. The molecule has 0 aromatic heterocycles. The predicted octanol–water partition coefficient (Wildman–Crippen LogP) is 0.150. The predicted molar refractivity (Wildman–Crippen MR) is 56.2 cm³/mol. The molecule has 0 bridgehead atoms. The first kappa shape index (κ1) is 17.5. The third-order valence-electron chi connectivity index (χ3n) is 1.14. The van der Waals surface area contributed by atoms with Gasteiger partial charge in [0.15, 0.2) is 0 Å².